The van der Waals surface area contributed by atoms with E-state index in [1.54, 1.807) is 24.4 Å². The predicted octanol–water partition coefficient (Wildman–Crippen LogP) is 3.80. The number of nitrogens with zero attached hydrogens (tertiary/aromatic N) is 3. The third kappa shape index (κ3) is 4.70. The molecule has 1 unspecified atom stereocenters. The lowest BCUT2D eigenvalue weighted by Crippen LogP contribution is -2.17. The molecule has 11 heteroatoms. The van der Waals surface area contributed by atoms with Gasteiger partial charge in [0.1, 0.15) is 5.15 Å². The Labute approximate surface area is 189 Å². The summed E-state index contributed by atoms with van der Waals surface area (Å²) in [6.07, 6.45) is 5.04. The van der Waals surface area contributed by atoms with Crippen LogP contribution in [0.2, 0.25) is 5.15 Å². The van der Waals surface area contributed by atoms with Crippen LogP contribution in [-0.2, 0) is 10.0 Å². The number of nitrogens with two attached hydrogens (primary N) is 1. The minimum Gasteiger partial charge on any atom is -0.366 e. The first kappa shape index (κ1) is 21.7. The third-order valence-corrected chi connectivity index (χ3v) is 7.99. The van der Waals surface area contributed by atoms with Gasteiger partial charge in [0.25, 0.3) is 0 Å². The largest absolute Gasteiger partial charge is 0.366 e. The second kappa shape index (κ2) is 8.52. The zero-order chi connectivity index (χ0) is 22.2. The fourth-order valence-corrected chi connectivity index (χ4v) is 5.88. The summed E-state index contributed by atoms with van der Waals surface area (Å²) in [5, 5.41) is 2.07. The number of hydrogen-bond acceptors (Lipinski definition) is 7. The first-order valence-corrected chi connectivity index (χ1v) is 12.5. The molecule has 1 aliphatic carbocycles. The van der Waals surface area contributed by atoms with E-state index in [1.807, 2.05) is 12.3 Å². The molecule has 1 atom stereocenters. The lowest BCUT2D eigenvalue weighted by atomic mass is 9.87. The molecular formula is C20H20ClN5O3S2. The number of carbonyl (C=O) groups excluding carboxylic acids is 1. The number of sulfonamides is 1. The lowest BCUT2D eigenvalue weighted by Gasteiger charge is -2.18. The molecule has 3 N–H and O–H groups in total. The van der Waals surface area contributed by atoms with Crippen LogP contribution < -0.4 is 10.5 Å². The number of halogens is 1. The van der Waals surface area contributed by atoms with Crippen LogP contribution in [0.25, 0.3) is 11.3 Å². The Morgan fingerprint density at radius 3 is 2.74 bits per heavy atom. The van der Waals surface area contributed by atoms with Gasteiger partial charge in [-0.3, -0.25) is 14.5 Å². The van der Waals surface area contributed by atoms with Crippen molar-refractivity contribution in [1.82, 2.24) is 15.0 Å². The molecule has 4 rings (SSSR count). The number of benzene rings is 1. The Kier molecular flexibility index (Phi) is 5.96. The highest BCUT2D eigenvalue weighted by molar-refractivity contribution is 7.93. The van der Waals surface area contributed by atoms with E-state index in [0.29, 0.717) is 41.3 Å². The molecule has 31 heavy (non-hydrogen) atoms. The Morgan fingerprint density at radius 2 is 2.10 bits per heavy atom. The van der Waals surface area contributed by atoms with Crippen molar-refractivity contribution in [3.05, 3.63) is 57.9 Å². The van der Waals surface area contributed by atoms with Crippen molar-refractivity contribution in [2.75, 3.05) is 4.72 Å². The molecule has 1 aliphatic rings. The molecule has 1 aromatic carbocycles. The summed E-state index contributed by atoms with van der Waals surface area (Å²) in [5.74, 6) is -0.762. The highest BCUT2D eigenvalue weighted by Crippen LogP contribution is 2.37. The summed E-state index contributed by atoms with van der Waals surface area (Å²) < 4.78 is 27.1. The van der Waals surface area contributed by atoms with Crippen LogP contribution in [0.4, 0.5) is 5.13 Å². The van der Waals surface area contributed by atoms with Gasteiger partial charge in [-0.05, 0) is 37.0 Å². The van der Waals surface area contributed by atoms with Gasteiger partial charge in [0.05, 0.1) is 29.0 Å². The van der Waals surface area contributed by atoms with Gasteiger partial charge in [0.2, 0.25) is 15.9 Å². The van der Waals surface area contributed by atoms with Gasteiger partial charge in [0.15, 0.2) is 5.13 Å². The average molecular weight is 478 g/mol. The quantitative estimate of drug-likeness (QED) is 0.507. The molecule has 3 aromatic rings. The fraction of sp³-hybridized carbons (Fsp3) is 0.300. The minimum atomic E-state index is -3.39. The number of aromatic nitrogens is 3. The average Bonchev–Trinajstić information content (AvgIpc) is 3.51. The van der Waals surface area contributed by atoms with Crippen molar-refractivity contribution in [2.45, 2.75) is 37.4 Å². The SMILES string of the molecule is CCC(c1csc(NS(=O)(=O)C2CC2)n1)c1cc(C(N)=O)ccc1-c1cncc(Cl)n1. The van der Waals surface area contributed by atoms with E-state index in [9.17, 15) is 13.2 Å². The Hall–Kier alpha value is -2.56. The van der Waals surface area contributed by atoms with Crippen molar-refractivity contribution in [3.8, 4) is 11.3 Å². The van der Waals surface area contributed by atoms with Gasteiger partial charge in [-0.25, -0.2) is 18.4 Å². The van der Waals surface area contributed by atoms with Crippen LogP contribution in [0.5, 0.6) is 0 Å². The normalized spacial score (nSPS) is 14.9. The first-order chi connectivity index (χ1) is 14.8. The van der Waals surface area contributed by atoms with E-state index >= 15 is 0 Å². The molecule has 0 saturated heterocycles. The molecule has 0 bridgehead atoms. The van der Waals surface area contributed by atoms with E-state index in [2.05, 4.69) is 19.7 Å². The summed E-state index contributed by atoms with van der Waals surface area (Å²) in [7, 11) is -3.39. The third-order valence-electron chi connectivity index (χ3n) is 5.07. The van der Waals surface area contributed by atoms with Gasteiger partial charge in [-0.2, -0.15) is 0 Å². The molecule has 2 heterocycles. The number of carbonyl (C=O) groups is 1. The summed E-state index contributed by atoms with van der Waals surface area (Å²) >= 11 is 7.26. The molecule has 162 valence electrons. The van der Waals surface area contributed by atoms with Crippen LogP contribution in [0.1, 0.15) is 53.7 Å². The van der Waals surface area contributed by atoms with Gasteiger partial charge < -0.3 is 5.73 Å². The van der Waals surface area contributed by atoms with Crippen molar-refractivity contribution in [3.63, 3.8) is 0 Å². The molecule has 1 saturated carbocycles. The van der Waals surface area contributed by atoms with E-state index < -0.39 is 15.9 Å². The van der Waals surface area contributed by atoms with Crippen LogP contribution in [0, 0.1) is 0 Å². The van der Waals surface area contributed by atoms with Gasteiger partial charge in [-0.15, -0.1) is 11.3 Å². The number of primary amides is 1. The fourth-order valence-electron chi connectivity index (χ4n) is 3.37. The number of thiazole rings is 1. The van der Waals surface area contributed by atoms with E-state index in [4.69, 9.17) is 17.3 Å². The van der Waals surface area contributed by atoms with Crippen LogP contribution >= 0.6 is 22.9 Å². The maximum absolute atomic E-state index is 12.2. The Morgan fingerprint density at radius 1 is 1.32 bits per heavy atom. The molecule has 2 aromatic heterocycles. The smallest absolute Gasteiger partial charge is 0.248 e. The lowest BCUT2D eigenvalue weighted by molar-refractivity contribution is 0.1000. The summed E-state index contributed by atoms with van der Waals surface area (Å²) in [6.45, 7) is 1.99. The minimum absolute atomic E-state index is 0.217. The van der Waals surface area contributed by atoms with Crippen molar-refractivity contribution < 1.29 is 13.2 Å². The highest BCUT2D eigenvalue weighted by Gasteiger charge is 2.36. The Bertz CT molecular complexity index is 1240. The summed E-state index contributed by atoms with van der Waals surface area (Å²) in [4.78, 5) is 24.8. The van der Waals surface area contributed by atoms with Crippen LogP contribution in [-0.4, -0.2) is 34.5 Å². The zero-order valence-electron chi connectivity index (χ0n) is 16.6. The standard InChI is InChI=1S/C20H20ClN5O3S2/c1-2-13(17-10-30-20(25-17)26-31(28,29)12-4-5-12)15-7-11(19(22)27)3-6-14(15)16-8-23-9-18(21)24-16/h3,6-10,12-13H,2,4-5H2,1H3,(H2,22,27)(H,25,26). The highest BCUT2D eigenvalue weighted by atomic mass is 35.5. The topological polar surface area (TPSA) is 128 Å². The van der Waals surface area contributed by atoms with E-state index in [-0.39, 0.29) is 16.3 Å². The molecule has 1 amide bonds. The van der Waals surface area contributed by atoms with E-state index in [0.717, 1.165) is 11.1 Å². The van der Waals surface area contributed by atoms with E-state index in [1.165, 1.54) is 17.5 Å². The van der Waals surface area contributed by atoms with Crippen molar-refractivity contribution >= 4 is 44.0 Å². The Balaban J connectivity index is 1.75. The van der Waals surface area contributed by atoms with Gasteiger partial charge in [-0.1, -0.05) is 24.6 Å². The van der Waals surface area contributed by atoms with Gasteiger partial charge >= 0.3 is 0 Å². The monoisotopic (exact) mass is 477 g/mol. The molecule has 8 nitrogen and oxygen atoms in total. The zero-order valence-corrected chi connectivity index (χ0v) is 19.0. The number of rotatable bonds is 8. The molecule has 0 aliphatic heterocycles. The van der Waals surface area contributed by atoms with Crippen LogP contribution in [0.15, 0.2) is 36.0 Å². The number of nitrogens with one attached hydrogen (secondary N) is 1. The number of hydrogen-bond donors (Lipinski definition) is 2. The van der Waals surface area contributed by atoms with Crippen LogP contribution in [0.3, 0.4) is 0 Å². The molecule has 0 radical (unpaired) electrons. The summed E-state index contributed by atoms with van der Waals surface area (Å²) in [6, 6.07) is 5.12. The molecule has 0 spiro atoms. The van der Waals surface area contributed by atoms with Crippen molar-refractivity contribution in [1.29, 1.82) is 0 Å². The first-order valence-electron chi connectivity index (χ1n) is 9.67. The maximum Gasteiger partial charge on any atom is 0.248 e. The summed E-state index contributed by atoms with van der Waals surface area (Å²) in [5.41, 5.74) is 8.65. The second-order valence-corrected chi connectivity index (χ2v) is 10.5. The van der Waals surface area contributed by atoms with Crippen molar-refractivity contribution in [2.24, 2.45) is 5.73 Å². The predicted molar refractivity (Wildman–Crippen MR) is 121 cm³/mol. The second-order valence-electron chi connectivity index (χ2n) is 7.28. The maximum atomic E-state index is 12.2. The molecule has 1 fully saturated rings. The number of anilines is 1. The molecular weight excluding hydrogens is 458 g/mol. The number of amides is 1. The van der Waals surface area contributed by atoms with Gasteiger partial charge in [0, 0.05) is 22.4 Å².